The van der Waals surface area contributed by atoms with Gasteiger partial charge in [-0.2, -0.15) is 0 Å². The summed E-state index contributed by atoms with van der Waals surface area (Å²) in [5, 5.41) is 0. The summed E-state index contributed by atoms with van der Waals surface area (Å²) in [6, 6.07) is 0. The fourth-order valence-corrected chi connectivity index (χ4v) is 6.27. The molecule has 0 spiro atoms. The molecule has 4 aliphatic carbocycles. The molecule has 0 heterocycles. The van der Waals surface area contributed by atoms with Crippen LogP contribution in [0.3, 0.4) is 0 Å². The molecule has 4 aliphatic rings. The third-order valence-electron chi connectivity index (χ3n) is 8.11. The number of halogens is 2. The molecule has 4 saturated carbocycles. The lowest BCUT2D eigenvalue weighted by atomic mass is 9.47. The Bertz CT molecular complexity index is 376. The van der Waals surface area contributed by atoms with E-state index < -0.39 is 5.92 Å². The molecular weight excluding hydrogens is 290 g/mol. The zero-order chi connectivity index (χ0) is 16.6. The highest BCUT2D eigenvalue weighted by Crippen LogP contribution is 2.64. The highest BCUT2D eigenvalue weighted by atomic mass is 19.3. The predicted molar refractivity (Wildman–Crippen MR) is 92.8 cm³/mol. The average molecular weight is 327 g/mol. The topological polar surface area (TPSA) is 0 Å². The van der Waals surface area contributed by atoms with Crippen molar-refractivity contribution in [1.29, 1.82) is 0 Å². The molecule has 23 heavy (non-hydrogen) atoms. The molecular formula is C21H36F2. The second-order valence-corrected chi connectivity index (χ2v) is 9.16. The normalized spacial score (nSPS) is 42.8. The quantitative estimate of drug-likeness (QED) is 0.447. The van der Waals surface area contributed by atoms with Crippen molar-refractivity contribution in [2.24, 2.45) is 22.7 Å². The molecule has 0 nitrogen and oxygen atoms in total. The van der Waals surface area contributed by atoms with E-state index in [1.54, 1.807) is 0 Å². The van der Waals surface area contributed by atoms with E-state index >= 15 is 0 Å². The maximum absolute atomic E-state index is 14.5. The van der Waals surface area contributed by atoms with Gasteiger partial charge in [-0.25, -0.2) is 8.78 Å². The Balaban J connectivity index is 1.61. The first-order valence-electron chi connectivity index (χ1n) is 10.3. The first-order valence-corrected chi connectivity index (χ1v) is 10.3. The van der Waals surface area contributed by atoms with Crippen LogP contribution in [0, 0.1) is 22.7 Å². The summed E-state index contributed by atoms with van der Waals surface area (Å²) in [6.45, 7) is 4.21. The third kappa shape index (κ3) is 3.33. The van der Waals surface area contributed by atoms with Crippen molar-refractivity contribution >= 4 is 0 Å². The fraction of sp³-hybridized carbons (Fsp3) is 1.00. The minimum atomic E-state index is -2.40. The van der Waals surface area contributed by atoms with Crippen LogP contribution in [0.2, 0.25) is 0 Å². The Morgan fingerprint density at radius 3 is 2.04 bits per heavy atom. The molecule has 0 radical (unpaired) electrons. The zero-order valence-corrected chi connectivity index (χ0v) is 15.3. The van der Waals surface area contributed by atoms with E-state index in [1.165, 1.54) is 64.2 Å². The van der Waals surface area contributed by atoms with Crippen LogP contribution < -0.4 is 0 Å². The molecule has 0 aromatic heterocycles. The Labute approximate surface area is 141 Å². The summed E-state index contributed by atoms with van der Waals surface area (Å²) in [7, 11) is 0. The molecule has 0 aromatic rings. The minimum absolute atomic E-state index is 0.189. The highest BCUT2D eigenvalue weighted by Gasteiger charge is 2.55. The Kier molecular flexibility index (Phi) is 5.10. The lowest BCUT2D eigenvalue weighted by Crippen LogP contribution is -2.49. The first kappa shape index (κ1) is 17.7. The van der Waals surface area contributed by atoms with Gasteiger partial charge in [-0.1, -0.05) is 33.1 Å². The van der Waals surface area contributed by atoms with Gasteiger partial charge in [0.2, 0.25) is 0 Å². The van der Waals surface area contributed by atoms with E-state index in [0.29, 0.717) is 17.8 Å². The van der Waals surface area contributed by atoms with Crippen molar-refractivity contribution in [1.82, 2.24) is 0 Å². The van der Waals surface area contributed by atoms with E-state index in [-0.39, 0.29) is 17.8 Å². The van der Waals surface area contributed by atoms with Gasteiger partial charge in [0.05, 0.1) is 0 Å². The summed E-state index contributed by atoms with van der Waals surface area (Å²) in [5.74, 6) is -2.45. The molecule has 2 heteroatoms. The molecule has 0 aliphatic heterocycles. The number of hydrogen-bond donors (Lipinski definition) is 0. The maximum atomic E-state index is 14.5. The standard InChI is InChI=1S/C21H36F2/c1-3-5-6-9-19-10-13-20(14-11-19,15-12-19)18-8-7-17(4-2)21(22,23)16-18/h17-18H,3-16H2,1-2H3. The van der Waals surface area contributed by atoms with Crippen LogP contribution in [0.1, 0.15) is 104 Å². The van der Waals surface area contributed by atoms with Crippen molar-refractivity contribution in [3.05, 3.63) is 0 Å². The third-order valence-corrected chi connectivity index (χ3v) is 8.11. The second kappa shape index (κ2) is 6.64. The van der Waals surface area contributed by atoms with Crippen LogP contribution in [0.4, 0.5) is 8.78 Å². The molecule has 4 fully saturated rings. The zero-order valence-electron chi connectivity index (χ0n) is 15.3. The molecule has 2 unspecified atom stereocenters. The van der Waals surface area contributed by atoms with Gasteiger partial charge in [-0.05, 0) is 81.0 Å². The van der Waals surface area contributed by atoms with E-state index in [1.807, 2.05) is 6.92 Å². The Morgan fingerprint density at radius 2 is 1.52 bits per heavy atom. The van der Waals surface area contributed by atoms with E-state index in [0.717, 1.165) is 12.8 Å². The monoisotopic (exact) mass is 326 g/mol. The van der Waals surface area contributed by atoms with Crippen LogP contribution in [0.5, 0.6) is 0 Å². The lowest BCUT2D eigenvalue weighted by Gasteiger charge is -2.58. The number of alkyl halides is 2. The van der Waals surface area contributed by atoms with Crippen LogP contribution in [0.25, 0.3) is 0 Å². The average Bonchev–Trinajstić information content (AvgIpc) is 2.56. The van der Waals surface area contributed by atoms with Crippen LogP contribution in [0.15, 0.2) is 0 Å². The van der Waals surface area contributed by atoms with E-state index in [2.05, 4.69) is 6.92 Å². The minimum Gasteiger partial charge on any atom is -0.207 e. The van der Waals surface area contributed by atoms with Crippen molar-refractivity contribution in [3.63, 3.8) is 0 Å². The van der Waals surface area contributed by atoms with Gasteiger partial charge in [-0.15, -0.1) is 0 Å². The number of fused-ring (bicyclic) bond motifs is 3. The van der Waals surface area contributed by atoms with Gasteiger partial charge in [0.15, 0.2) is 0 Å². The van der Waals surface area contributed by atoms with Gasteiger partial charge in [0.1, 0.15) is 0 Å². The molecule has 2 atom stereocenters. The van der Waals surface area contributed by atoms with Gasteiger partial charge in [0, 0.05) is 12.3 Å². The molecule has 0 amide bonds. The molecule has 0 aromatic carbocycles. The molecule has 4 rings (SSSR count). The fourth-order valence-electron chi connectivity index (χ4n) is 6.27. The van der Waals surface area contributed by atoms with Gasteiger partial charge >= 0.3 is 0 Å². The summed E-state index contributed by atoms with van der Waals surface area (Å²) in [6.07, 6.45) is 15.8. The summed E-state index contributed by atoms with van der Waals surface area (Å²) < 4.78 is 28.9. The van der Waals surface area contributed by atoms with Crippen LogP contribution >= 0.6 is 0 Å². The SMILES string of the molecule is CCCCCC12CCC(C3CCC(CC)C(F)(F)C3)(CC1)CC2. The van der Waals surface area contributed by atoms with Crippen molar-refractivity contribution in [2.75, 3.05) is 0 Å². The van der Waals surface area contributed by atoms with Gasteiger partial charge in [-0.3, -0.25) is 0 Å². The molecule has 0 saturated heterocycles. The summed E-state index contributed by atoms with van der Waals surface area (Å²) >= 11 is 0. The van der Waals surface area contributed by atoms with Crippen LogP contribution in [-0.2, 0) is 0 Å². The number of rotatable bonds is 6. The number of hydrogen-bond acceptors (Lipinski definition) is 0. The van der Waals surface area contributed by atoms with Gasteiger partial charge in [0.25, 0.3) is 5.92 Å². The Morgan fingerprint density at radius 1 is 0.870 bits per heavy atom. The summed E-state index contributed by atoms with van der Waals surface area (Å²) in [4.78, 5) is 0. The smallest absolute Gasteiger partial charge is 0.207 e. The number of unbranched alkanes of at least 4 members (excludes halogenated alkanes) is 2. The van der Waals surface area contributed by atoms with Gasteiger partial charge < -0.3 is 0 Å². The van der Waals surface area contributed by atoms with Crippen molar-refractivity contribution in [2.45, 2.75) is 110 Å². The van der Waals surface area contributed by atoms with E-state index in [4.69, 9.17) is 0 Å². The molecule has 0 N–H and O–H groups in total. The van der Waals surface area contributed by atoms with E-state index in [9.17, 15) is 8.78 Å². The van der Waals surface area contributed by atoms with Crippen LogP contribution in [-0.4, -0.2) is 5.92 Å². The van der Waals surface area contributed by atoms with Crippen molar-refractivity contribution < 1.29 is 8.78 Å². The highest BCUT2D eigenvalue weighted by molar-refractivity contribution is 5.04. The Hall–Kier alpha value is -0.140. The van der Waals surface area contributed by atoms with Crippen molar-refractivity contribution in [3.8, 4) is 0 Å². The molecule has 134 valence electrons. The summed E-state index contributed by atoms with van der Waals surface area (Å²) in [5.41, 5.74) is 0.884. The molecule has 2 bridgehead atoms. The lowest BCUT2D eigenvalue weighted by molar-refractivity contribution is -0.146. The first-order chi connectivity index (χ1) is 11.0. The largest absolute Gasteiger partial charge is 0.251 e. The predicted octanol–water partition coefficient (Wildman–Crippen LogP) is 7.37. The second-order valence-electron chi connectivity index (χ2n) is 9.16. The maximum Gasteiger partial charge on any atom is 0.251 e.